The van der Waals surface area contributed by atoms with Crippen molar-refractivity contribution in [2.45, 2.75) is 12.1 Å². The summed E-state index contributed by atoms with van der Waals surface area (Å²) in [7, 11) is 0. The van der Waals surface area contributed by atoms with E-state index in [0.717, 1.165) is 0 Å². The highest BCUT2D eigenvalue weighted by atomic mass is 35.5. The molecule has 0 fully saturated rings. The fourth-order valence-electron chi connectivity index (χ4n) is 3.56. The summed E-state index contributed by atoms with van der Waals surface area (Å²) in [5, 5.41) is 61.1. The zero-order chi connectivity index (χ0) is 31.1. The van der Waals surface area contributed by atoms with Crippen molar-refractivity contribution < 1.29 is 49.8 Å². The summed E-state index contributed by atoms with van der Waals surface area (Å²) < 4.78 is 0. The van der Waals surface area contributed by atoms with Crippen LogP contribution in [-0.4, -0.2) is 89.7 Å². The van der Waals surface area contributed by atoms with Gasteiger partial charge in [-0.05, 0) is 0 Å². The molecule has 14 nitrogen and oxygen atoms in total. The van der Waals surface area contributed by atoms with E-state index in [2.05, 4.69) is 9.97 Å². The molecule has 0 bridgehead atoms. The zero-order valence-corrected chi connectivity index (χ0v) is 22.7. The molecule has 8 N–H and O–H groups in total. The Hall–Kier alpha value is -4.76. The molecule has 0 aliphatic carbocycles. The minimum atomic E-state index is -1.50. The number of aromatic hydroxyl groups is 2. The normalized spacial score (nSPS) is 12.1. The third-order valence-corrected chi connectivity index (χ3v) is 6.26. The van der Waals surface area contributed by atoms with Gasteiger partial charge in [-0.15, -0.1) is 0 Å². The standard InChI is InChI=1S/2C13H11ClN2O5/c2*14-11-7-4-2-1-3-6(7)10(18)9(16-11)12(19)15-8(5-17)13(20)21/h2*1-4,8,17-18H,5H2,(H,15,19)(H,20,21)/t2*8-/m10/s1. The van der Waals surface area contributed by atoms with Crippen LogP contribution < -0.4 is 10.6 Å². The Bertz CT molecular complexity index is 1560. The first kappa shape index (κ1) is 31.8. The van der Waals surface area contributed by atoms with Crippen molar-refractivity contribution in [3.63, 3.8) is 0 Å². The molecule has 0 saturated carbocycles. The molecule has 0 aliphatic rings. The molecule has 0 saturated heterocycles. The van der Waals surface area contributed by atoms with Gasteiger partial charge < -0.3 is 41.3 Å². The van der Waals surface area contributed by atoms with Crippen LogP contribution in [0.25, 0.3) is 21.5 Å². The van der Waals surface area contributed by atoms with Gasteiger partial charge in [0, 0.05) is 21.5 Å². The van der Waals surface area contributed by atoms with Crippen LogP contribution in [0, 0.1) is 0 Å². The van der Waals surface area contributed by atoms with Crippen LogP contribution in [0.2, 0.25) is 10.3 Å². The van der Waals surface area contributed by atoms with Crippen molar-refractivity contribution in [1.29, 1.82) is 0 Å². The molecule has 2 aromatic heterocycles. The minimum Gasteiger partial charge on any atom is -0.505 e. The largest absolute Gasteiger partial charge is 0.505 e. The van der Waals surface area contributed by atoms with Crippen molar-refractivity contribution in [2.24, 2.45) is 0 Å². The number of halogens is 2. The number of hydrogen-bond donors (Lipinski definition) is 8. The first-order valence-corrected chi connectivity index (χ1v) is 12.5. The molecule has 0 radical (unpaired) electrons. The fourth-order valence-corrected chi connectivity index (χ4v) is 4.06. The number of nitrogens with zero attached hydrogens (tertiary/aromatic N) is 2. The predicted octanol–water partition coefficient (Wildman–Crippen LogP) is 1.54. The van der Waals surface area contributed by atoms with E-state index in [0.29, 0.717) is 21.5 Å². The number of aromatic nitrogens is 2. The van der Waals surface area contributed by atoms with Crippen molar-refractivity contribution in [3.05, 3.63) is 70.2 Å². The molecular formula is C26H22Cl2N4O10. The van der Waals surface area contributed by atoms with Gasteiger partial charge in [-0.1, -0.05) is 71.7 Å². The monoisotopic (exact) mass is 620 g/mol. The topological polar surface area (TPSA) is 239 Å². The molecule has 2 amide bonds. The van der Waals surface area contributed by atoms with Crippen molar-refractivity contribution >= 4 is 68.5 Å². The highest BCUT2D eigenvalue weighted by Crippen LogP contribution is 2.32. The van der Waals surface area contributed by atoms with Crippen LogP contribution >= 0.6 is 23.2 Å². The molecule has 0 unspecified atom stereocenters. The van der Waals surface area contributed by atoms with E-state index < -0.39 is 71.9 Å². The number of carbonyl (C=O) groups excluding carboxylic acids is 2. The highest BCUT2D eigenvalue weighted by molar-refractivity contribution is 6.35. The predicted molar refractivity (Wildman–Crippen MR) is 149 cm³/mol. The summed E-state index contributed by atoms with van der Waals surface area (Å²) in [5.74, 6) is -5.51. The quantitative estimate of drug-likeness (QED) is 0.131. The molecule has 2 aromatic carbocycles. The third-order valence-electron chi connectivity index (χ3n) is 5.68. The Kier molecular flexibility index (Phi) is 10.4. The second-order valence-corrected chi connectivity index (χ2v) is 9.10. The number of pyridine rings is 2. The number of carboxylic acid groups (broad SMARTS) is 2. The Labute approximate surface area is 245 Å². The Morgan fingerprint density at radius 2 is 0.952 bits per heavy atom. The summed E-state index contributed by atoms with van der Waals surface area (Å²) in [6.45, 7) is -1.58. The van der Waals surface area contributed by atoms with Crippen LogP contribution in [0.15, 0.2) is 48.5 Å². The second kappa shape index (κ2) is 13.7. The third kappa shape index (κ3) is 6.92. The Morgan fingerprint density at radius 3 is 1.24 bits per heavy atom. The van der Waals surface area contributed by atoms with Gasteiger partial charge in [-0.3, -0.25) is 9.59 Å². The lowest BCUT2D eigenvalue weighted by Crippen LogP contribution is -2.43. The SMILES string of the molecule is O=C(N[C@@H](CO)C(=O)O)c1nc(Cl)c2ccccc2c1O.O=C(N[C@H](CO)C(=O)O)c1nc(Cl)c2ccccc2c1O. The maximum absolute atomic E-state index is 12.0. The Balaban J connectivity index is 0.000000230. The average Bonchev–Trinajstić information content (AvgIpc) is 2.98. The van der Waals surface area contributed by atoms with E-state index in [4.69, 9.17) is 43.6 Å². The minimum absolute atomic E-state index is 0.00410. The molecule has 4 aromatic rings. The van der Waals surface area contributed by atoms with Gasteiger partial charge in [0.1, 0.15) is 10.3 Å². The van der Waals surface area contributed by atoms with E-state index in [1.54, 1.807) is 48.5 Å². The first-order chi connectivity index (χ1) is 19.9. The van der Waals surface area contributed by atoms with Crippen LogP contribution in [0.1, 0.15) is 21.0 Å². The highest BCUT2D eigenvalue weighted by Gasteiger charge is 2.25. The van der Waals surface area contributed by atoms with Gasteiger partial charge in [-0.2, -0.15) is 0 Å². The molecule has 2 atom stereocenters. The van der Waals surface area contributed by atoms with Crippen LogP contribution in [0.3, 0.4) is 0 Å². The van der Waals surface area contributed by atoms with Crippen LogP contribution in [0.4, 0.5) is 0 Å². The molecule has 0 aliphatic heterocycles. The summed E-state index contributed by atoms with van der Waals surface area (Å²) in [4.78, 5) is 53.0. The number of hydrogen-bond acceptors (Lipinski definition) is 10. The molecule has 0 spiro atoms. The number of aliphatic hydroxyl groups is 2. The lowest BCUT2D eigenvalue weighted by Gasteiger charge is -2.13. The average molecular weight is 621 g/mol. The van der Waals surface area contributed by atoms with E-state index in [-0.39, 0.29) is 10.3 Å². The molecule has 220 valence electrons. The number of aliphatic hydroxyl groups excluding tert-OH is 2. The van der Waals surface area contributed by atoms with Crippen LogP contribution in [0.5, 0.6) is 11.5 Å². The molecule has 4 rings (SSSR count). The van der Waals surface area contributed by atoms with E-state index in [9.17, 15) is 29.4 Å². The number of fused-ring (bicyclic) bond motifs is 2. The molecule has 42 heavy (non-hydrogen) atoms. The van der Waals surface area contributed by atoms with Crippen LogP contribution in [-0.2, 0) is 9.59 Å². The first-order valence-electron chi connectivity index (χ1n) is 11.7. The Morgan fingerprint density at radius 1 is 0.643 bits per heavy atom. The van der Waals surface area contributed by atoms with Crippen molar-refractivity contribution in [3.8, 4) is 11.5 Å². The molecule has 16 heteroatoms. The lowest BCUT2D eigenvalue weighted by molar-refractivity contribution is -0.141. The van der Waals surface area contributed by atoms with Crippen molar-refractivity contribution in [1.82, 2.24) is 20.6 Å². The number of carboxylic acids is 2. The number of nitrogens with one attached hydrogen (secondary N) is 2. The van der Waals surface area contributed by atoms with Gasteiger partial charge in [0.25, 0.3) is 11.8 Å². The van der Waals surface area contributed by atoms with E-state index >= 15 is 0 Å². The number of carbonyl (C=O) groups is 4. The second-order valence-electron chi connectivity index (χ2n) is 8.38. The maximum atomic E-state index is 12.0. The summed E-state index contributed by atoms with van der Waals surface area (Å²) >= 11 is 11.9. The summed E-state index contributed by atoms with van der Waals surface area (Å²) in [5.41, 5.74) is -0.809. The van der Waals surface area contributed by atoms with Crippen molar-refractivity contribution in [2.75, 3.05) is 13.2 Å². The maximum Gasteiger partial charge on any atom is 0.328 e. The van der Waals surface area contributed by atoms with Gasteiger partial charge in [-0.25, -0.2) is 19.6 Å². The lowest BCUT2D eigenvalue weighted by atomic mass is 10.1. The number of amides is 2. The smallest absolute Gasteiger partial charge is 0.328 e. The van der Waals surface area contributed by atoms with Gasteiger partial charge in [0.2, 0.25) is 0 Å². The van der Waals surface area contributed by atoms with Gasteiger partial charge in [0.05, 0.1) is 13.2 Å². The van der Waals surface area contributed by atoms with Gasteiger partial charge in [0.15, 0.2) is 35.0 Å². The molecular weight excluding hydrogens is 599 g/mol. The van der Waals surface area contributed by atoms with E-state index in [1.807, 2.05) is 10.6 Å². The van der Waals surface area contributed by atoms with E-state index in [1.165, 1.54) is 0 Å². The number of benzene rings is 2. The number of rotatable bonds is 8. The zero-order valence-electron chi connectivity index (χ0n) is 21.2. The summed E-state index contributed by atoms with van der Waals surface area (Å²) in [6.07, 6.45) is 0. The fraction of sp³-hybridized carbons (Fsp3) is 0.154. The number of aliphatic carboxylic acids is 2. The summed E-state index contributed by atoms with van der Waals surface area (Å²) in [6, 6.07) is 10.0. The molecule has 2 heterocycles. The van der Waals surface area contributed by atoms with Gasteiger partial charge >= 0.3 is 11.9 Å².